The first kappa shape index (κ1) is 15.8. The smallest absolute Gasteiger partial charge is 0.199 e. The molecule has 0 saturated heterocycles. The van der Waals surface area contributed by atoms with E-state index in [1.54, 1.807) is 36.0 Å². The number of ether oxygens (including phenoxy) is 1. The van der Waals surface area contributed by atoms with E-state index in [0.717, 1.165) is 17.0 Å². The second kappa shape index (κ2) is 6.33. The summed E-state index contributed by atoms with van der Waals surface area (Å²) in [6.07, 6.45) is 3.10. The number of phenols is 1. The van der Waals surface area contributed by atoms with Crippen LogP contribution < -0.4 is 4.74 Å². The molecule has 6 nitrogen and oxygen atoms in total. The molecule has 0 aliphatic rings. The van der Waals surface area contributed by atoms with E-state index in [0.29, 0.717) is 11.2 Å². The first-order valence-electron chi connectivity index (χ1n) is 7.98. The molecular weight excluding hydrogens is 330 g/mol. The third-order valence-electron chi connectivity index (χ3n) is 4.11. The predicted octanol–water partition coefficient (Wildman–Crippen LogP) is 3.34. The summed E-state index contributed by atoms with van der Waals surface area (Å²) >= 11 is 0. The van der Waals surface area contributed by atoms with E-state index in [4.69, 9.17) is 4.74 Å². The molecule has 0 radical (unpaired) electrons. The predicted molar refractivity (Wildman–Crippen MR) is 96.5 cm³/mol. The van der Waals surface area contributed by atoms with Crippen molar-refractivity contribution in [3.63, 3.8) is 0 Å². The van der Waals surface area contributed by atoms with Crippen molar-refractivity contribution < 1.29 is 14.6 Å². The van der Waals surface area contributed by atoms with Gasteiger partial charge in [-0.15, -0.1) is 0 Å². The highest BCUT2D eigenvalue weighted by molar-refractivity contribution is 6.10. The summed E-state index contributed by atoms with van der Waals surface area (Å²) < 4.78 is 6.72. The molecule has 128 valence electrons. The van der Waals surface area contributed by atoms with Gasteiger partial charge < -0.3 is 9.84 Å². The molecule has 0 atom stereocenters. The molecule has 6 heteroatoms. The van der Waals surface area contributed by atoms with Crippen molar-refractivity contribution in [2.75, 3.05) is 7.11 Å². The van der Waals surface area contributed by atoms with Gasteiger partial charge in [-0.2, -0.15) is 5.10 Å². The number of ketones is 1. The summed E-state index contributed by atoms with van der Waals surface area (Å²) in [4.78, 5) is 16.9. The number of aromatic hydroxyl groups is 1. The van der Waals surface area contributed by atoms with Gasteiger partial charge in [0.05, 0.1) is 23.9 Å². The van der Waals surface area contributed by atoms with Gasteiger partial charge in [0.1, 0.15) is 11.5 Å². The van der Waals surface area contributed by atoms with Gasteiger partial charge in [-0.3, -0.25) is 4.79 Å². The molecular formula is C20H15N3O3. The standard InChI is InChI=1S/C20H15N3O3/c1-26-15-8-6-13(7-9-15)17-10-19-21-11-14(12-23(19)22-17)20(25)16-4-2-3-5-18(16)24/h2-12,24H,1H3. The largest absolute Gasteiger partial charge is 0.507 e. The molecule has 0 unspecified atom stereocenters. The maximum Gasteiger partial charge on any atom is 0.199 e. The van der Waals surface area contributed by atoms with Crippen LogP contribution in [0.3, 0.4) is 0 Å². The fourth-order valence-corrected chi connectivity index (χ4v) is 2.72. The Labute approximate surface area is 149 Å². The molecule has 0 fully saturated rings. The number of benzene rings is 2. The van der Waals surface area contributed by atoms with Gasteiger partial charge in [0, 0.05) is 24.0 Å². The van der Waals surface area contributed by atoms with Gasteiger partial charge in [-0.1, -0.05) is 12.1 Å². The Bertz CT molecular complexity index is 1100. The summed E-state index contributed by atoms with van der Waals surface area (Å²) in [5.41, 5.74) is 2.88. The van der Waals surface area contributed by atoms with Gasteiger partial charge >= 0.3 is 0 Å². The zero-order valence-electron chi connectivity index (χ0n) is 14.0. The molecule has 0 spiro atoms. The number of aromatic nitrogens is 3. The number of para-hydroxylation sites is 1. The van der Waals surface area contributed by atoms with Gasteiger partial charge in [-0.25, -0.2) is 9.50 Å². The summed E-state index contributed by atoms with van der Waals surface area (Å²) in [6.45, 7) is 0. The molecule has 4 rings (SSSR count). The van der Waals surface area contributed by atoms with Crippen LogP contribution >= 0.6 is 0 Å². The maximum atomic E-state index is 12.6. The Morgan fingerprint density at radius 2 is 1.88 bits per heavy atom. The summed E-state index contributed by atoms with van der Waals surface area (Å²) in [5.74, 6) is 0.405. The number of hydrogen-bond acceptors (Lipinski definition) is 5. The number of rotatable bonds is 4. The van der Waals surface area contributed by atoms with E-state index in [1.165, 1.54) is 12.3 Å². The number of carbonyl (C=O) groups is 1. The molecule has 26 heavy (non-hydrogen) atoms. The van der Waals surface area contributed by atoms with Gasteiger partial charge in [0.2, 0.25) is 0 Å². The van der Waals surface area contributed by atoms with Crippen LogP contribution in [0.2, 0.25) is 0 Å². The monoisotopic (exact) mass is 345 g/mol. The third kappa shape index (κ3) is 2.77. The van der Waals surface area contributed by atoms with E-state index in [9.17, 15) is 9.90 Å². The van der Waals surface area contributed by atoms with Crippen molar-refractivity contribution in [1.29, 1.82) is 0 Å². The van der Waals surface area contributed by atoms with Crippen LogP contribution in [-0.4, -0.2) is 32.6 Å². The van der Waals surface area contributed by atoms with Gasteiger partial charge in [0.25, 0.3) is 0 Å². The molecule has 2 heterocycles. The Kier molecular flexibility index (Phi) is 3.85. The second-order valence-electron chi connectivity index (χ2n) is 5.75. The lowest BCUT2D eigenvalue weighted by atomic mass is 10.1. The Balaban J connectivity index is 1.71. The topological polar surface area (TPSA) is 76.7 Å². The molecule has 2 aromatic heterocycles. The van der Waals surface area contributed by atoms with E-state index in [-0.39, 0.29) is 17.1 Å². The Hall–Kier alpha value is -3.67. The van der Waals surface area contributed by atoms with E-state index in [2.05, 4.69) is 10.1 Å². The summed E-state index contributed by atoms with van der Waals surface area (Å²) in [7, 11) is 1.62. The zero-order valence-corrected chi connectivity index (χ0v) is 14.0. The third-order valence-corrected chi connectivity index (χ3v) is 4.11. The minimum Gasteiger partial charge on any atom is -0.507 e. The molecule has 0 bridgehead atoms. The van der Waals surface area contributed by atoms with Crippen molar-refractivity contribution in [3.8, 4) is 22.8 Å². The number of nitrogens with zero attached hydrogens (tertiary/aromatic N) is 3. The lowest BCUT2D eigenvalue weighted by Gasteiger charge is -2.03. The fourth-order valence-electron chi connectivity index (χ4n) is 2.72. The van der Waals surface area contributed by atoms with Gasteiger partial charge in [0.15, 0.2) is 11.4 Å². The van der Waals surface area contributed by atoms with Crippen LogP contribution in [0.1, 0.15) is 15.9 Å². The van der Waals surface area contributed by atoms with Crippen LogP contribution in [0.4, 0.5) is 0 Å². The SMILES string of the molecule is COc1ccc(-c2cc3ncc(C(=O)c4ccccc4O)cn3n2)cc1. The number of hydrogen-bond donors (Lipinski definition) is 1. The molecule has 1 N–H and O–H groups in total. The van der Waals surface area contributed by atoms with Crippen molar-refractivity contribution in [2.45, 2.75) is 0 Å². The summed E-state index contributed by atoms with van der Waals surface area (Å²) in [5, 5.41) is 14.4. The van der Waals surface area contributed by atoms with Crippen molar-refractivity contribution in [2.24, 2.45) is 0 Å². The first-order valence-corrected chi connectivity index (χ1v) is 7.98. The fraction of sp³-hybridized carbons (Fsp3) is 0.0500. The molecule has 0 saturated carbocycles. The first-order chi connectivity index (χ1) is 12.7. The average Bonchev–Trinajstić information content (AvgIpc) is 3.11. The van der Waals surface area contributed by atoms with Gasteiger partial charge in [-0.05, 0) is 36.4 Å². The lowest BCUT2D eigenvalue weighted by molar-refractivity contribution is 0.103. The Morgan fingerprint density at radius 3 is 2.62 bits per heavy atom. The van der Waals surface area contributed by atoms with E-state index in [1.807, 2.05) is 30.3 Å². The van der Waals surface area contributed by atoms with Crippen LogP contribution in [0, 0.1) is 0 Å². The highest BCUT2D eigenvalue weighted by Gasteiger charge is 2.15. The molecule has 0 aliphatic carbocycles. The van der Waals surface area contributed by atoms with Crippen LogP contribution in [0.15, 0.2) is 67.0 Å². The highest BCUT2D eigenvalue weighted by atomic mass is 16.5. The number of phenolic OH excluding ortho intramolecular Hbond substituents is 1. The lowest BCUT2D eigenvalue weighted by Crippen LogP contribution is -2.04. The minimum absolute atomic E-state index is 0.0583. The molecule has 2 aromatic carbocycles. The number of fused-ring (bicyclic) bond motifs is 1. The molecule has 0 aliphatic heterocycles. The van der Waals surface area contributed by atoms with Crippen LogP contribution in [-0.2, 0) is 0 Å². The molecule has 0 amide bonds. The minimum atomic E-state index is -0.306. The highest BCUT2D eigenvalue weighted by Crippen LogP contribution is 2.23. The van der Waals surface area contributed by atoms with Crippen LogP contribution in [0.25, 0.3) is 16.9 Å². The number of methoxy groups -OCH3 is 1. The van der Waals surface area contributed by atoms with Crippen LogP contribution in [0.5, 0.6) is 11.5 Å². The van der Waals surface area contributed by atoms with Crippen molar-refractivity contribution in [3.05, 3.63) is 78.1 Å². The quantitative estimate of drug-likeness (QED) is 0.574. The zero-order chi connectivity index (χ0) is 18.1. The van der Waals surface area contributed by atoms with E-state index >= 15 is 0 Å². The molecule has 4 aromatic rings. The Morgan fingerprint density at radius 1 is 1.12 bits per heavy atom. The second-order valence-corrected chi connectivity index (χ2v) is 5.75. The number of carbonyl (C=O) groups excluding carboxylic acids is 1. The van der Waals surface area contributed by atoms with Crippen molar-refractivity contribution >= 4 is 11.4 Å². The normalized spacial score (nSPS) is 10.8. The van der Waals surface area contributed by atoms with Crippen molar-refractivity contribution in [1.82, 2.24) is 14.6 Å². The average molecular weight is 345 g/mol. The maximum absolute atomic E-state index is 12.6. The summed E-state index contributed by atoms with van der Waals surface area (Å²) in [6, 6.07) is 15.8. The van der Waals surface area contributed by atoms with E-state index < -0.39 is 0 Å².